The van der Waals surface area contributed by atoms with Crippen LogP contribution in [0.1, 0.15) is 12.8 Å². The van der Waals surface area contributed by atoms with E-state index in [0.29, 0.717) is 10.5 Å². The summed E-state index contributed by atoms with van der Waals surface area (Å²) in [6.07, 6.45) is -3.91. The predicted molar refractivity (Wildman–Crippen MR) is 59.5 cm³/mol. The largest absolute Gasteiger partial charge is 0.480 e. The summed E-state index contributed by atoms with van der Waals surface area (Å²) in [7, 11) is 0. The quantitative estimate of drug-likeness (QED) is 0.939. The third-order valence-electron chi connectivity index (χ3n) is 2.39. The Hall–Kier alpha value is -1.50. The van der Waals surface area contributed by atoms with Gasteiger partial charge >= 0.3 is 6.18 Å². The van der Waals surface area contributed by atoms with Crippen molar-refractivity contribution in [1.82, 2.24) is 14.5 Å². The molecule has 0 fully saturated rings. The van der Waals surface area contributed by atoms with Crippen LogP contribution in [0.2, 0.25) is 5.02 Å². The first-order valence-corrected chi connectivity index (χ1v) is 5.52. The second-order valence-electron chi connectivity index (χ2n) is 3.78. The lowest BCUT2D eigenvalue weighted by Gasteiger charge is -2.07. The third-order valence-corrected chi connectivity index (χ3v) is 2.60. The van der Waals surface area contributed by atoms with Gasteiger partial charge in [0.2, 0.25) is 0 Å². The zero-order valence-electron chi connectivity index (χ0n) is 9.08. The van der Waals surface area contributed by atoms with E-state index in [1.54, 1.807) is 0 Å². The first kappa shape index (κ1) is 12.9. The Morgan fingerprint density at radius 1 is 1.39 bits per heavy atom. The highest BCUT2D eigenvalue weighted by Crippen LogP contribution is 2.25. The number of nitrogens with zero attached hydrogens (tertiary/aromatic N) is 3. The summed E-state index contributed by atoms with van der Waals surface area (Å²) in [5, 5.41) is 9.88. The van der Waals surface area contributed by atoms with Crippen molar-refractivity contribution in [3.63, 3.8) is 0 Å². The molecule has 0 unspecified atom stereocenters. The van der Waals surface area contributed by atoms with Gasteiger partial charge in [-0.05, 0) is 12.5 Å². The minimum atomic E-state index is -4.21. The van der Waals surface area contributed by atoms with Crippen LogP contribution in [0.3, 0.4) is 0 Å². The van der Waals surface area contributed by atoms with E-state index in [9.17, 15) is 18.3 Å². The maximum Gasteiger partial charge on any atom is 0.389 e. The SMILES string of the molecule is Oc1nc2ncc(Cl)cc2n1CCCC(F)(F)F. The number of imidazole rings is 1. The van der Waals surface area contributed by atoms with Crippen molar-refractivity contribution in [2.75, 3.05) is 0 Å². The summed E-state index contributed by atoms with van der Waals surface area (Å²) in [6.45, 7) is 0.00383. The first-order chi connectivity index (χ1) is 8.37. The van der Waals surface area contributed by atoms with E-state index in [4.69, 9.17) is 11.6 Å². The molecule has 0 aliphatic carbocycles. The molecular formula is C10H9ClF3N3O. The molecule has 8 heteroatoms. The lowest BCUT2D eigenvalue weighted by atomic mass is 10.3. The zero-order chi connectivity index (χ0) is 13.3. The van der Waals surface area contributed by atoms with E-state index in [0.717, 1.165) is 0 Å². The minimum Gasteiger partial charge on any atom is -0.480 e. The molecule has 1 N–H and O–H groups in total. The van der Waals surface area contributed by atoms with Crippen LogP contribution in [0, 0.1) is 0 Å². The van der Waals surface area contributed by atoms with E-state index >= 15 is 0 Å². The number of aryl methyl sites for hydroxylation is 1. The molecule has 0 atom stereocenters. The van der Waals surface area contributed by atoms with Crippen molar-refractivity contribution >= 4 is 22.8 Å². The number of hydrogen-bond donors (Lipinski definition) is 1. The number of alkyl halides is 3. The van der Waals surface area contributed by atoms with E-state index in [-0.39, 0.29) is 24.6 Å². The standard InChI is InChI=1S/C10H9ClF3N3O/c11-6-4-7-8(15-5-6)16-9(18)17(7)3-1-2-10(12,13)14/h4-5H,1-3H2,(H,15,16,18). The molecule has 0 spiro atoms. The van der Waals surface area contributed by atoms with Gasteiger partial charge in [0.15, 0.2) is 5.65 Å². The normalized spacial score (nSPS) is 12.2. The molecule has 2 rings (SSSR count). The second kappa shape index (κ2) is 4.64. The van der Waals surface area contributed by atoms with Crippen molar-refractivity contribution in [3.8, 4) is 6.01 Å². The summed E-state index contributed by atoms with van der Waals surface area (Å²) >= 11 is 5.74. The summed E-state index contributed by atoms with van der Waals surface area (Å²) in [5.74, 6) is 0. The monoisotopic (exact) mass is 279 g/mol. The number of halogens is 4. The maximum atomic E-state index is 12.0. The molecule has 0 amide bonds. The highest BCUT2D eigenvalue weighted by atomic mass is 35.5. The van der Waals surface area contributed by atoms with Gasteiger partial charge in [0.25, 0.3) is 6.01 Å². The molecule has 4 nitrogen and oxygen atoms in total. The topological polar surface area (TPSA) is 50.9 Å². The number of pyridine rings is 1. The van der Waals surface area contributed by atoms with Crippen molar-refractivity contribution in [2.45, 2.75) is 25.6 Å². The summed E-state index contributed by atoms with van der Waals surface area (Å²) in [4.78, 5) is 7.61. The number of fused-ring (bicyclic) bond motifs is 1. The number of aromatic hydroxyl groups is 1. The van der Waals surface area contributed by atoms with Crippen LogP contribution in [-0.2, 0) is 6.54 Å². The molecule has 98 valence electrons. The van der Waals surface area contributed by atoms with Crippen LogP contribution < -0.4 is 0 Å². The molecule has 0 bridgehead atoms. The lowest BCUT2D eigenvalue weighted by molar-refractivity contribution is -0.135. The van der Waals surface area contributed by atoms with Gasteiger partial charge in [-0.3, -0.25) is 4.57 Å². The highest BCUT2D eigenvalue weighted by molar-refractivity contribution is 6.31. The van der Waals surface area contributed by atoms with Gasteiger partial charge in [-0.2, -0.15) is 18.2 Å². The fourth-order valence-electron chi connectivity index (χ4n) is 1.63. The Kier molecular flexibility index (Phi) is 3.34. The van der Waals surface area contributed by atoms with Crippen LogP contribution in [0.4, 0.5) is 13.2 Å². The van der Waals surface area contributed by atoms with Crippen LogP contribution in [0.25, 0.3) is 11.2 Å². The van der Waals surface area contributed by atoms with Crippen molar-refractivity contribution in [1.29, 1.82) is 0 Å². The van der Waals surface area contributed by atoms with Crippen molar-refractivity contribution < 1.29 is 18.3 Å². The Morgan fingerprint density at radius 3 is 2.78 bits per heavy atom. The Bertz CT molecular complexity index is 567. The van der Waals surface area contributed by atoms with Gasteiger partial charge in [-0.25, -0.2) is 4.98 Å². The number of aromatic nitrogens is 3. The molecule has 0 saturated heterocycles. The van der Waals surface area contributed by atoms with Gasteiger partial charge in [0.1, 0.15) is 0 Å². The van der Waals surface area contributed by atoms with Crippen LogP contribution in [0.5, 0.6) is 6.01 Å². The zero-order valence-corrected chi connectivity index (χ0v) is 9.83. The fraction of sp³-hybridized carbons (Fsp3) is 0.400. The maximum absolute atomic E-state index is 12.0. The molecule has 2 aromatic heterocycles. The minimum absolute atomic E-state index is 0.00383. The molecule has 0 saturated carbocycles. The molecule has 0 aliphatic heterocycles. The predicted octanol–water partition coefficient (Wildman–Crippen LogP) is 3.13. The average molecular weight is 280 g/mol. The van der Waals surface area contributed by atoms with Gasteiger partial charge in [-0.15, -0.1) is 0 Å². The van der Waals surface area contributed by atoms with Gasteiger partial charge in [0.05, 0.1) is 10.5 Å². The summed E-state index contributed by atoms with van der Waals surface area (Å²) in [6, 6.07) is 1.14. The molecule has 2 aromatic rings. The van der Waals surface area contributed by atoms with Crippen LogP contribution in [-0.4, -0.2) is 25.8 Å². The fourth-order valence-corrected chi connectivity index (χ4v) is 1.78. The van der Waals surface area contributed by atoms with Crippen molar-refractivity contribution in [3.05, 3.63) is 17.3 Å². The van der Waals surface area contributed by atoms with E-state index in [1.165, 1.54) is 16.8 Å². The third kappa shape index (κ3) is 2.84. The van der Waals surface area contributed by atoms with E-state index in [1.807, 2.05) is 0 Å². The van der Waals surface area contributed by atoms with E-state index in [2.05, 4.69) is 9.97 Å². The van der Waals surface area contributed by atoms with Crippen LogP contribution in [0.15, 0.2) is 12.3 Å². The highest BCUT2D eigenvalue weighted by Gasteiger charge is 2.26. The number of rotatable bonds is 3. The first-order valence-electron chi connectivity index (χ1n) is 5.14. The molecule has 0 radical (unpaired) electrons. The molecule has 18 heavy (non-hydrogen) atoms. The molecule has 0 aliphatic rings. The molecule has 0 aromatic carbocycles. The Balaban J connectivity index is 2.22. The van der Waals surface area contributed by atoms with Gasteiger partial charge < -0.3 is 5.11 Å². The van der Waals surface area contributed by atoms with Crippen LogP contribution >= 0.6 is 11.6 Å². The summed E-state index contributed by atoms with van der Waals surface area (Å²) in [5.41, 5.74) is 0.672. The van der Waals surface area contributed by atoms with Gasteiger partial charge in [-0.1, -0.05) is 11.6 Å². The molecular weight excluding hydrogens is 271 g/mol. The van der Waals surface area contributed by atoms with E-state index < -0.39 is 12.6 Å². The Labute approximate surface area is 105 Å². The smallest absolute Gasteiger partial charge is 0.389 e. The Morgan fingerprint density at radius 2 is 2.11 bits per heavy atom. The average Bonchev–Trinajstić information content (AvgIpc) is 2.54. The molecule has 2 heterocycles. The lowest BCUT2D eigenvalue weighted by Crippen LogP contribution is -2.09. The number of hydrogen-bond acceptors (Lipinski definition) is 3. The second-order valence-corrected chi connectivity index (χ2v) is 4.21. The van der Waals surface area contributed by atoms with Crippen molar-refractivity contribution in [2.24, 2.45) is 0 Å². The summed E-state index contributed by atoms with van der Waals surface area (Å²) < 4.78 is 37.4. The van der Waals surface area contributed by atoms with Gasteiger partial charge in [0, 0.05) is 19.2 Å².